The first kappa shape index (κ1) is 25.7. The summed E-state index contributed by atoms with van der Waals surface area (Å²) in [6.07, 6.45) is 2.53. The Kier molecular flexibility index (Phi) is 7.44. The van der Waals surface area contributed by atoms with Crippen molar-refractivity contribution in [2.45, 2.75) is 53.7 Å². The number of hydrogen-bond donors (Lipinski definition) is 1. The molecule has 2 aromatic heterocycles. The van der Waals surface area contributed by atoms with Crippen LogP contribution in [0.1, 0.15) is 51.9 Å². The first-order valence-corrected chi connectivity index (χ1v) is 12.3. The van der Waals surface area contributed by atoms with Crippen molar-refractivity contribution in [1.29, 1.82) is 5.26 Å². The zero-order valence-electron chi connectivity index (χ0n) is 21.9. The number of amides is 1. The SMILES string of the molecule is Cc1nccnc1Oc1ccc2c(C#N)c(-c3ccc(NC(=O)O[C@@H](C)C(C)C)cc3)n(C(C)C)c2c1. The number of ether oxygens (including phenoxy) is 2. The molecule has 0 aliphatic heterocycles. The molecule has 0 fully saturated rings. The summed E-state index contributed by atoms with van der Waals surface area (Å²) in [5.41, 5.74) is 4.44. The second kappa shape index (κ2) is 10.7. The average Bonchev–Trinajstić information content (AvgIpc) is 3.19. The van der Waals surface area contributed by atoms with Gasteiger partial charge in [0.2, 0.25) is 5.88 Å². The number of aromatic nitrogens is 3. The maximum atomic E-state index is 12.2. The number of carbonyl (C=O) groups is 1. The molecule has 0 unspecified atom stereocenters. The number of rotatable bonds is 7. The molecule has 2 aromatic carbocycles. The van der Waals surface area contributed by atoms with E-state index < -0.39 is 6.09 Å². The molecule has 0 aliphatic rings. The first-order chi connectivity index (χ1) is 17.7. The monoisotopic (exact) mass is 497 g/mol. The molecule has 4 rings (SSSR count). The molecule has 2 heterocycles. The standard InChI is InChI=1S/C29H31N5O3/c1-17(2)20(6)36-29(35)33-22-9-7-21(8-10-22)27-25(16-30)24-12-11-23(15-26(24)34(27)18(3)4)37-28-19(5)31-13-14-32-28/h7-15,17-18,20H,1-6H3,(H,33,35)/t20-/m0/s1. The number of nitriles is 1. The van der Waals surface area contributed by atoms with Crippen LogP contribution in [0, 0.1) is 24.2 Å². The van der Waals surface area contributed by atoms with Gasteiger partial charge in [0.15, 0.2) is 0 Å². The van der Waals surface area contributed by atoms with E-state index in [2.05, 4.69) is 39.8 Å². The Labute approximate surface area is 216 Å². The fourth-order valence-corrected chi connectivity index (χ4v) is 4.06. The van der Waals surface area contributed by atoms with Crippen LogP contribution in [0.25, 0.3) is 22.2 Å². The van der Waals surface area contributed by atoms with Crippen molar-refractivity contribution >= 4 is 22.7 Å². The predicted molar refractivity (Wildman–Crippen MR) is 144 cm³/mol. The average molecular weight is 498 g/mol. The van der Waals surface area contributed by atoms with Crippen LogP contribution < -0.4 is 10.1 Å². The highest BCUT2D eigenvalue weighted by Crippen LogP contribution is 2.38. The number of anilines is 1. The fraction of sp³-hybridized carbons (Fsp3) is 0.310. The summed E-state index contributed by atoms with van der Waals surface area (Å²) < 4.78 is 13.5. The van der Waals surface area contributed by atoms with Gasteiger partial charge >= 0.3 is 6.09 Å². The number of benzene rings is 2. The Hall–Kier alpha value is -4.38. The van der Waals surface area contributed by atoms with E-state index in [1.807, 2.05) is 70.2 Å². The molecule has 37 heavy (non-hydrogen) atoms. The van der Waals surface area contributed by atoms with Crippen LogP contribution in [0.5, 0.6) is 11.6 Å². The molecule has 0 saturated heterocycles. The van der Waals surface area contributed by atoms with E-state index in [1.54, 1.807) is 12.4 Å². The maximum Gasteiger partial charge on any atom is 0.411 e. The summed E-state index contributed by atoms with van der Waals surface area (Å²) in [6, 6.07) is 15.5. The van der Waals surface area contributed by atoms with Gasteiger partial charge in [-0.1, -0.05) is 26.0 Å². The van der Waals surface area contributed by atoms with Gasteiger partial charge in [-0.2, -0.15) is 5.26 Å². The van der Waals surface area contributed by atoms with Crippen molar-refractivity contribution in [2.24, 2.45) is 5.92 Å². The van der Waals surface area contributed by atoms with Gasteiger partial charge in [-0.25, -0.2) is 9.78 Å². The Balaban J connectivity index is 1.70. The molecule has 1 N–H and O–H groups in total. The second-order valence-electron chi connectivity index (χ2n) is 9.58. The third kappa shape index (κ3) is 5.41. The highest BCUT2D eigenvalue weighted by atomic mass is 16.6. The van der Waals surface area contributed by atoms with Crippen LogP contribution in [0.4, 0.5) is 10.5 Å². The highest BCUT2D eigenvalue weighted by Gasteiger charge is 2.21. The van der Waals surface area contributed by atoms with Gasteiger partial charge in [0.1, 0.15) is 17.9 Å². The van der Waals surface area contributed by atoms with Gasteiger partial charge in [0, 0.05) is 35.6 Å². The van der Waals surface area contributed by atoms with E-state index in [9.17, 15) is 10.1 Å². The molecule has 0 spiro atoms. The van der Waals surface area contributed by atoms with Crippen molar-refractivity contribution in [3.8, 4) is 29.0 Å². The number of aryl methyl sites for hydroxylation is 1. The highest BCUT2D eigenvalue weighted by molar-refractivity contribution is 5.96. The number of fused-ring (bicyclic) bond motifs is 1. The third-order valence-corrected chi connectivity index (χ3v) is 6.29. The zero-order chi connectivity index (χ0) is 26.7. The molecule has 1 amide bonds. The minimum absolute atomic E-state index is 0.0680. The topological polar surface area (TPSA) is 102 Å². The molecule has 190 valence electrons. The normalized spacial score (nSPS) is 12.0. The number of nitrogens with one attached hydrogen (secondary N) is 1. The molecule has 0 aliphatic carbocycles. The van der Waals surface area contributed by atoms with Gasteiger partial charge in [-0.15, -0.1) is 0 Å². The van der Waals surface area contributed by atoms with Crippen molar-refractivity contribution in [1.82, 2.24) is 14.5 Å². The van der Waals surface area contributed by atoms with Gasteiger partial charge in [0.05, 0.1) is 22.5 Å². The van der Waals surface area contributed by atoms with Crippen LogP contribution >= 0.6 is 0 Å². The summed E-state index contributed by atoms with van der Waals surface area (Å²) in [5, 5.41) is 13.7. The quantitative estimate of drug-likeness (QED) is 0.289. The lowest BCUT2D eigenvalue weighted by atomic mass is 10.1. The smallest absolute Gasteiger partial charge is 0.411 e. The lowest BCUT2D eigenvalue weighted by Crippen LogP contribution is -2.23. The lowest BCUT2D eigenvalue weighted by molar-refractivity contribution is 0.0940. The molecule has 1 atom stereocenters. The summed E-state index contributed by atoms with van der Waals surface area (Å²) in [7, 11) is 0. The Morgan fingerprint density at radius 3 is 2.35 bits per heavy atom. The van der Waals surface area contributed by atoms with Gasteiger partial charge in [-0.05, 0) is 63.4 Å². The zero-order valence-corrected chi connectivity index (χ0v) is 21.9. The molecule has 8 heteroatoms. The molecule has 0 radical (unpaired) electrons. The summed E-state index contributed by atoms with van der Waals surface area (Å²) in [4.78, 5) is 20.7. The summed E-state index contributed by atoms with van der Waals surface area (Å²) in [6.45, 7) is 11.9. The fourth-order valence-electron chi connectivity index (χ4n) is 4.06. The Morgan fingerprint density at radius 2 is 1.73 bits per heavy atom. The van der Waals surface area contributed by atoms with Crippen molar-refractivity contribution in [2.75, 3.05) is 5.32 Å². The van der Waals surface area contributed by atoms with E-state index in [0.29, 0.717) is 28.6 Å². The predicted octanol–water partition coefficient (Wildman–Crippen LogP) is 7.24. The van der Waals surface area contributed by atoms with E-state index in [-0.39, 0.29) is 18.1 Å². The van der Waals surface area contributed by atoms with Gasteiger partial charge < -0.3 is 14.0 Å². The van der Waals surface area contributed by atoms with Crippen LogP contribution in [0.2, 0.25) is 0 Å². The number of nitrogens with zero attached hydrogens (tertiary/aromatic N) is 4. The maximum absolute atomic E-state index is 12.2. The minimum atomic E-state index is -0.492. The molecule has 0 saturated carbocycles. The molecule has 0 bridgehead atoms. The summed E-state index contributed by atoms with van der Waals surface area (Å²) in [5.74, 6) is 1.28. The third-order valence-electron chi connectivity index (χ3n) is 6.29. The molecular formula is C29H31N5O3. The van der Waals surface area contributed by atoms with Crippen molar-refractivity contribution < 1.29 is 14.3 Å². The first-order valence-electron chi connectivity index (χ1n) is 12.3. The van der Waals surface area contributed by atoms with Crippen LogP contribution in [-0.4, -0.2) is 26.7 Å². The van der Waals surface area contributed by atoms with Gasteiger partial charge in [-0.3, -0.25) is 10.3 Å². The van der Waals surface area contributed by atoms with Crippen molar-refractivity contribution in [3.63, 3.8) is 0 Å². The van der Waals surface area contributed by atoms with Crippen molar-refractivity contribution in [3.05, 3.63) is 66.1 Å². The van der Waals surface area contributed by atoms with E-state index in [0.717, 1.165) is 22.2 Å². The Morgan fingerprint density at radius 1 is 1.03 bits per heavy atom. The van der Waals surface area contributed by atoms with E-state index in [1.165, 1.54) is 0 Å². The number of hydrogen-bond acceptors (Lipinski definition) is 6. The lowest BCUT2D eigenvalue weighted by Gasteiger charge is -2.17. The molecule has 8 nitrogen and oxygen atoms in total. The van der Waals surface area contributed by atoms with E-state index in [4.69, 9.17) is 9.47 Å². The number of carbonyl (C=O) groups excluding carboxylic acids is 1. The Bertz CT molecular complexity index is 1470. The largest absolute Gasteiger partial charge is 0.446 e. The minimum Gasteiger partial charge on any atom is -0.446 e. The van der Waals surface area contributed by atoms with E-state index >= 15 is 0 Å². The molecule has 4 aromatic rings. The van der Waals surface area contributed by atoms with Crippen LogP contribution in [0.15, 0.2) is 54.9 Å². The second-order valence-corrected chi connectivity index (χ2v) is 9.58. The van der Waals surface area contributed by atoms with Crippen LogP contribution in [0.3, 0.4) is 0 Å². The summed E-state index contributed by atoms with van der Waals surface area (Å²) >= 11 is 0. The molecular weight excluding hydrogens is 466 g/mol. The van der Waals surface area contributed by atoms with Gasteiger partial charge in [0.25, 0.3) is 0 Å². The van der Waals surface area contributed by atoms with Crippen LogP contribution in [-0.2, 0) is 4.74 Å².